The smallest absolute Gasteiger partial charge is 0.0521 e. The Morgan fingerprint density at radius 3 is 2.25 bits per heavy atom. The van der Waals surface area contributed by atoms with Crippen molar-refractivity contribution in [1.29, 1.82) is 0 Å². The largest absolute Gasteiger partial charge is 0.316 e. The summed E-state index contributed by atoms with van der Waals surface area (Å²) in [5.74, 6) is 0. The Morgan fingerprint density at radius 2 is 1.75 bits per heavy atom. The van der Waals surface area contributed by atoms with Crippen molar-refractivity contribution in [2.24, 2.45) is 16.9 Å². The molecular formula is C10H22N2. The van der Waals surface area contributed by atoms with Crippen LogP contribution in [0.5, 0.6) is 0 Å². The zero-order chi connectivity index (χ0) is 9.03. The molecule has 2 heteroatoms. The van der Waals surface area contributed by atoms with E-state index in [2.05, 4.69) is 6.92 Å². The second-order valence-electron chi connectivity index (χ2n) is 4.57. The quantitative estimate of drug-likeness (QED) is 0.636. The minimum Gasteiger partial charge on any atom is -0.316 e. The molecule has 0 aromatic rings. The SMILES string of the molecule is CC1(CCC(N)N)CCCCC1. The van der Waals surface area contributed by atoms with Crippen LogP contribution in [0.3, 0.4) is 0 Å². The molecule has 0 spiro atoms. The van der Waals surface area contributed by atoms with Gasteiger partial charge in [-0.05, 0) is 31.1 Å². The zero-order valence-electron chi connectivity index (χ0n) is 8.18. The van der Waals surface area contributed by atoms with E-state index in [9.17, 15) is 0 Å². The number of rotatable bonds is 3. The molecule has 0 atom stereocenters. The fourth-order valence-electron chi connectivity index (χ4n) is 2.17. The van der Waals surface area contributed by atoms with Gasteiger partial charge in [0.2, 0.25) is 0 Å². The lowest BCUT2D eigenvalue weighted by Crippen LogP contribution is -2.32. The molecule has 0 heterocycles. The van der Waals surface area contributed by atoms with Gasteiger partial charge in [-0.2, -0.15) is 0 Å². The fraction of sp³-hybridized carbons (Fsp3) is 1.00. The summed E-state index contributed by atoms with van der Waals surface area (Å²) < 4.78 is 0. The molecule has 1 saturated carbocycles. The van der Waals surface area contributed by atoms with Gasteiger partial charge < -0.3 is 11.5 Å². The van der Waals surface area contributed by atoms with Crippen LogP contribution in [0, 0.1) is 5.41 Å². The van der Waals surface area contributed by atoms with Crippen molar-refractivity contribution in [1.82, 2.24) is 0 Å². The molecule has 2 nitrogen and oxygen atoms in total. The van der Waals surface area contributed by atoms with Crippen molar-refractivity contribution in [3.8, 4) is 0 Å². The zero-order valence-corrected chi connectivity index (χ0v) is 8.18. The summed E-state index contributed by atoms with van der Waals surface area (Å²) in [6.07, 6.45) is 9.06. The van der Waals surface area contributed by atoms with Gasteiger partial charge in [-0.25, -0.2) is 0 Å². The molecule has 0 unspecified atom stereocenters. The second-order valence-corrected chi connectivity index (χ2v) is 4.57. The molecule has 0 bridgehead atoms. The van der Waals surface area contributed by atoms with Crippen molar-refractivity contribution < 1.29 is 0 Å². The van der Waals surface area contributed by atoms with Gasteiger partial charge in [0.05, 0.1) is 6.17 Å². The predicted molar refractivity (Wildman–Crippen MR) is 52.6 cm³/mol. The third-order valence-electron chi connectivity index (χ3n) is 3.14. The van der Waals surface area contributed by atoms with Crippen molar-refractivity contribution in [2.45, 2.75) is 58.0 Å². The van der Waals surface area contributed by atoms with Crippen LogP contribution >= 0.6 is 0 Å². The van der Waals surface area contributed by atoms with Crippen molar-refractivity contribution in [3.05, 3.63) is 0 Å². The molecule has 0 saturated heterocycles. The van der Waals surface area contributed by atoms with E-state index in [4.69, 9.17) is 11.5 Å². The molecule has 0 amide bonds. The van der Waals surface area contributed by atoms with Crippen molar-refractivity contribution >= 4 is 0 Å². The monoisotopic (exact) mass is 170 g/mol. The maximum absolute atomic E-state index is 5.55. The Balaban J connectivity index is 2.26. The van der Waals surface area contributed by atoms with Crippen LogP contribution in [0.25, 0.3) is 0 Å². The Kier molecular flexibility index (Phi) is 3.53. The minimum atomic E-state index is -0.108. The highest BCUT2D eigenvalue weighted by Gasteiger charge is 2.26. The van der Waals surface area contributed by atoms with Gasteiger partial charge in [-0.15, -0.1) is 0 Å². The molecule has 4 N–H and O–H groups in total. The first-order chi connectivity index (χ1) is 5.62. The third kappa shape index (κ3) is 3.11. The highest BCUT2D eigenvalue weighted by molar-refractivity contribution is 4.79. The van der Waals surface area contributed by atoms with Gasteiger partial charge in [-0.3, -0.25) is 0 Å². The topological polar surface area (TPSA) is 52.0 Å². The minimum absolute atomic E-state index is 0.108. The third-order valence-corrected chi connectivity index (χ3v) is 3.14. The molecule has 1 fully saturated rings. The summed E-state index contributed by atoms with van der Waals surface area (Å²) in [4.78, 5) is 0. The Bertz CT molecular complexity index is 126. The molecule has 1 aliphatic carbocycles. The number of hydrogen-bond acceptors (Lipinski definition) is 2. The van der Waals surface area contributed by atoms with E-state index in [1.807, 2.05) is 0 Å². The number of hydrogen-bond donors (Lipinski definition) is 2. The summed E-state index contributed by atoms with van der Waals surface area (Å²) in [5.41, 5.74) is 11.6. The summed E-state index contributed by atoms with van der Waals surface area (Å²) >= 11 is 0. The molecule has 0 radical (unpaired) electrons. The maximum atomic E-state index is 5.55. The van der Waals surface area contributed by atoms with E-state index >= 15 is 0 Å². The first-order valence-electron chi connectivity index (χ1n) is 5.14. The van der Waals surface area contributed by atoms with E-state index in [0.29, 0.717) is 5.41 Å². The highest BCUT2D eigenvalue weighted by Crippen LogP contribution is 2.39. The maximum Gasteiger partial charge on any atom is 0.0521 e. The molecular weight excluding hydrogens is 148 g/mol. The Labute approximate surface area is 75.7 Å². The standard InChI is InChI=1S/C10H22N2/c1-10(8-5-9(11)12)6-3-2-4-7-10/h9H,2-8,11-12H2,1H3. The van der Waals surface area contributed by atoms with E-state index in [1.165, 1.54) is 38.5 Å². The van der Waals surface area contributed by atoms with Crippen LogP contribution in [0.15, 0.2) is 0 Å². The van der Waals surface area contributed by atoms with Crippen LogP contribution in [0.1, 0.15) is 51.9 Å². The van der Waals surface area contributed by atoms with Crippen molar-refractivity contribution in [3.63, 3.8) is 0 Å². The van der Waals surface area contributed by atoms with Gasteiger partial charge >= 0.3 is 0 Å². The lowest BCUT2D eigenvalue weighted by molar-refractivity contribution is 0.190. The normalized spacial score (nSPS) is 23.0. The molecule has 0 aromatic carbocycles. The van der Waals surface area contributed by atoms with Crippen LogP contribution in [-0.4, -0.2) is 6.17 Å². The molecule has 0 aromatic heterocycles. The lowest BCUT2D eigenvalue weighted by Gasteiger charge is -2.34. The van der Waals surface area contributed by atoms with Gasteiger partial charge in [0.15, 0.2) is 0 Å². The fourth-order valence-corrected chi connectivity index (χ4v) is 2.17. The average Bonchev–Trinajstić information content (AvgIpc) is 2.03. The Morgan fingerprint density at radius 1 is 1.17 bits per heavy atom. The van der Waals surface area contributed by atoms with Crippen LogP contribution in [0.2, 0.25) is 0 Å². The van der Waals surface area contributed by atoms with E-state index in [0.717, 1.165) is 6.42 Å². The van der Waals surface area contributed by atoms with Gasteiger partial charge in [0, 0.05) is 0 Å². The van der Waals surface area contributed by atoms with Gasteiger partial charge in [0.1, 0.15) is 0 Å². The second kappa shape index (κ2) is 4.24. The highest BCUT2D eigenvalue weighted by atomic mass is 14.8. The average molecular weight is 170 g/mol. The van der Waals surface area contributed by atoms with Crippen molar-refractivity contribution in [2.75, 3.05) is 0 Å². The van der Waals surface area contributed by atoms with Gasteiger partial charge in [0.25, 0.3) is 0 Å². The molecule has 0 aliphatic heterocycles. The van der Waals surface area contributed by atoms with E-state index in [-0.39, 0.29) is 6.17 Å². The summed E-state index contributed by atoms with van der Waals surface area (Å²) in [5, 5.41) is 0. The van der Waals surface area contributed by atoms with Gasteiger partial charge in [-0.1, -0.05) is 26.2 Å². The van der Waals surface area contributed by atoms with E-state index in [1.54, 1.807) is 0 Å². The van der Waals surface area contributed by atoms with Crippen LogP contribution in [-0.2, 0) is 0 Å². The Hall–Kier alpha value is -0.0800. The molecule has 72 valence electrons. The predicted octanol–water partition coefficient (Wildman–Crippen LogP) is 1.98. The van der Waals surface area contributed by atoms with Crippen LogP contribution < -0.4 is 11.5 Å². The van der Waals surface area contributed by atoms with Crippen LogP contribution in [0.4, 0.5) is 0 Å². The molecule has 1 rings (SSSR count). The molecule has 1 aliphatic rings. The summed E-state index contributed by atoms with van der Waals surface area (Å²) in [6, 6.07) is 0. The lowest BCUT2D eigenvalue weighted by atomic mass is 9.73. The van der Waals surface area contributed by atoms with E-state index < -0.39 is 0 Å². The summed E-state index contributed by atoms with van der Waals surface area (Å²) in [7, 11) is 0. The summed E-state index contributed by atoms with van der Waals surface area (Å²) in [6.45, 7) is 2.38. The number of nitrogens with two attached hydrogens (primary N) is 2. The first kappa shape index (κ1) is 10.0. The molecule has 12 heavy (non-hydrogen) atoms. The first-order valence-corrected chi connectivity index (χ1v) is 5.14.